The van der Waals surface area contributed by atoms with Crippen molar-refractivity contribution in [1.29, 1.82) is 0 Å². The summed E-state index contributed by atoms with van der Waals surface area (Å²) >= 11 is 11.0. The van der Waals surface area contributed by atoms with E-state index in [1.807, 2.05) is 18.2 Å². The summed E-state index contributed by atoms with van der Waals surface area (Å²) in [7, 11) is 0. The van der Waals surface area contributed by atoms with Crippen LogP contribution in [0.2, 0.25) is 5.02 Å². The number of halogens is 2. The first-order chi connectivity index (χ1) is 6.22. The molecule has 68 valence electrons. The summed E-state index contributed by atoms with van der Waals surface area (Å²) in [6, 6.07) is 5.91. The van der Waals surface area contributed by atoms with Crippen LogP contribution in [0.25, 0.3) is 10.1 Å². The van der Waals surface area contributed by atoms with Gasteiger partial charge in [-0.05, 0) is 12.1 Å². The van der Waals surface area contributed by atoms with Gasteiger partial charge in [0, 0.05) is 19.4 Å². The first-order valence-corrected chi connectivity index (χ1v) is 5.68. The third kappa shape index (κ3) is 1.62. The summed E-state index contributed by atoms with van der Waals surface area (Å²) < 4.78 is 2.13. The average Bonchev–Trinajstić information content (AvgIpc) is 2.42. The van der Waals surface area contributed by atoms with E-state index < -0.39 is 0 Å². The molecule has 0 aliphatic heterocycles. The highest BCUT2D eigenvalue weighted by molar-refractivity contribution is 9.10. The van der Waals surface area contributed by atoms with E-state index in [0.717, 1.165) is 19.4 Å². The van der Waals surface area contributed by atoms with Gasteiger partial charge in [-0.1, -0.05) is 33.6 Å². The van der Waals surface area contributed by atoms with E-state index in [-0.39, 0.29) is 6.61 Å². The Kier molecular flexibility index (Phi) is 2.60. The van der Waals surface area contributed by atoms with Gasteiger partial charge in [0.25, 0.3) is 0 Å². The number of aliphatic hydroxyl groups excluding tert-OH is 1. The van der Waals surface area contributed by atoms with E-state index in [0.29, 0.717) is 5.02 Å². The lowest BCUT2D eigenvalue weighted by atomic mass is 10.2. The number of rotatable bonds is 1. The first-order valence-electron chi connectivity index (χ1n) is 3.69. The van der Waals surface area contributed by atoms with Crippen LogP contribution in [-0.2, 0) is 6.61 Å². The molecular weight excluding hydrogens is 272 g/mol. The van der Waals surface area contributed by atoms with Crippen molar-refractivity contribution in [3.8, 4) is 0 Å². The van der Waals surface area contributed by atoms with E-state index in [2.05, 4.69) is 15.9 Å². The van der Waals surface area contributed by atoms with E-state index in [1.54, 1.807) is 0 Å². The third-order valence-electron chi connectivity index (χ3n) is 1.80. The van der Waals surface area contributed by atoms with Crippen LogP contribution < -0.4 is 0 Å². The second-order valence-electron chi connectivity index (χ2n) is 2.64. The smallest absolute Gasteiger partial charge is 0.0789 e. The number of fused-ring (bicyclic) bond motifs is 1. The Labute approximate surface area is 93.1 Å². The Morgan fingerprint density at radius 2 is 2.23 bits per heavy atom. The highest BCUT2D eigenvalue weighted by Gasteiger charge is 2.08. The van der Waals surface area contributed by atoms with Gasteiger partial charge in [0.15, 0.2) is 0 Å². The lowest BCUT2D eigenvalue weighted by Crippen LogP contribution is -1.74. The Balaban J connectivity index is 2.76. The molecule has 1 aromatic carbocycles. The number of aliphatic hydroxyl groups is 1. The minimum Gasteiger partial charge on any atom is -0.391 e. The summed E-state index contributed by atoms with van der Waals surface area (Å²) in [5, 5.41) is 10.7. The molecule has 2 rings (SSSR count). The third-order valence-corrected chi connectivity index (χ3v) is 3.98. The maximum Gasteiger partial charge on any atom is 0.0789 e. The molecule has 0 aliphatic carbocycles. The van der Waals surface area contributed by atoms with Crippen LogP contribution in [0.15, 0.2) is 22.7 Å². The standard InChI is InChI=1S/C9H6BrClOS/c10-5-1-2-6-7(3-5)13-8(4-12)9(6)11/h1-3,12H,4H2. The molecule has 0 spiro atoms. The largest absolute Gasteiger partial charge is 0.391 e. The number of hydrogen-bond donors (Lipinski definition) is 1. The van der Waals surface area contributed by atoms with E-state index in [9.17, 15) is 0 Å². The summed E-state index contributed by atoms with van der Waals surface area (Å²) in [5.41, 5.74) is 0. The quantitative estimate of drug-likeness (QED) is 0.840. The molecule has 0 aliphatic rings. The van der Waals surface area contributed by atoms with Crippen LogP contribution in [0.4, 0.5) is 0 Å². The zero-order valence-electron chi connectivity index (χ0n) is 6.55. The van der Waals surface area contributed by atoms with Crippen LogP contribution >= 0.6 is 38.9 Å². The molecule has 0 atom stereocenters. The normalized spacial score (nSPS) is 11.0. The molecule has 0 amide bonds. The molecule has 1 nitrogen and oxygen atoms in total. The SMILES string of the molecule is OCc1sc2cc(Br)ccc2c1Cl. The van der Waals surface area contributed by atoms with Crippen LogP contribution in [-0.4, -0.2) is 5.11 Å². The van der Waals surface area contributed by atoms with Crippen LogP contribution in [0.3, 0.4) is 0 Å². The van der Waals surface area contributed by atoms with Crippen molar-refractivity contribution in [1.82, 2.24) is 0 Å². The Bertz CT molecular complexity index is 452. The van der Waals surface area contributed by atoms with Crippen LogP contribution in [0.5, 0.6) is 0 Å². The van der Waals surface area contributed by atoms with Crippen molar-refractivity contribution in [2.45, 2.75) is 6.61 Å². The highest BCUT2D eigenvalue weighted by atomic mass is 79.9. The number of benzene rings is 1. The van der Waals surface area contributed by atoms with Crippen LogP contribution in [0, 0.1) is 0 Å². The Hall–Kier alpha value is -0.0900. The summed E-state index contributed by atoms with van der Waals surface area (Å²) in [6.45, 7) is 0.00972. The van der Waals surface area contributed by atoms with Gasteiger partial charge in [0.2, 0.25) is 0 Å². The van der Waals surface area contributed by atoms with Crippen molar-refractivity contribution >= 4 is 49.0 Å². The predicted molar refractivity (Wildman–Crippen MR) is 60.5 cm³/mol. The lowest BCUT2D eigenvalue weighted by Gasteiger charge is -1.91. The molecule has 1 aromatic heterocycles. The van der Waals surface area contributed by atoms with Crippen molar-refractivity contribution < 1.29 is 5.11 Å². The highest BCUT2D eigenvalue weighted by Crippen LogP contribution is 2.36. The first kappa shape index (κ1) is 9.46. The topological polar surface area (TPSA) is 20.2 Å². The van der Waals surface area contributed by atoms with Crippen molar-refractivity contribution in [2.75, 3.05) is 0 Å². The molecular formula is C9H6BrClOS. The fourth-order valence-corrected chi connectivity index (χ4v) is 3.10. The molecule has 4 heteroatoms. The zero-order chi connectivity index (χ0) is 9.42. The molecule has 0 fully saturated rings. The van der Waals surface area contributed by atoms with E-state index >= 15 is 0 Å². The second-order valence-corrected chi connectivity index (χ2v) is 5.07. The van der Waals surface area contributed by atoms with E-state index in [1.165, 1.54) is 11.3 Å². The Morgan fingerprint density at radius 3 is 2.92 bits per heavy atom. The van der Waals surface area contributed by atoms with Gasteiger partial charge in [0.05, 0.1) is 11.6 Å². The van der Waals surface area contributed by atoms with Gasteiger partial charge in [-0.25, -0.2) is 0 Å². The molecule has 13 heavy (non-hydrogen) atoms. The molecule has 0 saturated carbocycles. The molecule has 1 N–H and O–H groups in total. The van der Waals surface area contributed by atoms with E-state index in [4.69, 9.17) is 16.7 Å². The van der Waals surface area contributed by atoms with Crippen molar-refractivity contribution in [3.63, 3.8) is 0 Å². The maximum atomic E-state index is 9.00. The monoisotopic (exact) mass is 276 g/mol. The maximum absolute atomic E-state index is 9.00. The molecule has 1 heterocycles. The van der Waals surface area contributed by atoms with Crippen LogP contribution in [0.1, 0.15) is 4.88 Å². The van der Waals surface area contributed by atoms with Gasteiger partial charge in [-0.3, -0.25) is 0 Å². The molecule has 0 bridgehead atoms. The molecule has 2 aromatic rings. The molecule has 0 unspecified atom stereocenters. The number of thiophene rings is 1. The molecule has 0 radical (unpaired) electrons. The van der Waals surface area contributed by atoms with Gasteiger partial charge in [0.1, 0.15) is 0 Å². The van der Waals surface area contributed by atoms with Crippen molar-refractivity contribution in [2.24, 2.45) is 0 Å². The fraction of sp³-hybridized carbons (Fsp3) is 0.111. The Morgan fingerprint density at radius 1 is 1.46 bits per heavy atom. The number of hydrogen-bond acceptors (Lipinski definition) is 2. The lowest BCUT2D eigenvalue weighted by molar-refractivity contribution is 0.285. The summed E-state index contributed by atoms with van der Waals surface area (Å²) in [6.07, 6.45) is 0. The zero-order valence-corrected chi connectivity index (χ0v) is 9.71. The minimum absolute atomic E-state index is 0.00972. The van der Waals surface area contributed by atoms with Gasteiger partial charge >= 0.3 is 0 Å². The van der Waals surface area contributed by atoms with Gasteiger partial charge in [-0.15, -0.1) is 11.3 Å². The summed E-state index contributed by atoms with van der Waals surface area (Å²) in [5.74, 6) is 0. The average molecular weight is 278 g/mol. The fourth-order valence-electron chi connectivity index (χ4n) is 1.19. The predicted octanol–water partition coefficient (Wildman–Crippen LogP) is 3.81. The molecule has 0 saturated heterocycles. The second kappa shape index (κ2) is 3.58. The minimum atomic E-state index is 0.00972. The van der Waals surface area contributed by atoms with Crippen molar-refractivity contribution in [3.05, 3.63) is 32.6 Å². The van der Waals surface area contributed by atoms with Gasteiger partial charge < -0.3 is 5.11 Å². The summed E-state index contributed by atoms with van der Waals surface area (Å²) in [4.78, 5) is 0.828. The van der Waals surface area contributed by atoms with Gasteiger partial charge in [-0.2, -0.15) is 0 Å².